The largest absolute Gasteiger partial charge is 0.478 e. The van der Waals surface area contributed by atoms with Crippen LogP contribution in [0.15, 0.2) is 48.5 Å². The van der Waals surface area contributed by atoms with E-state index in [1.54, 1.807) is 30.3 Å². The Morgan fingerprint density at radius 3 is 2.23 bits per heavy atom. The smallest absolute Gasteiger partial charge is 0.337 e. The minimum atomic E-state index is -1.07. The second kappa shape index (κ2) is 9.61. The molecule has 5 nitrogen and oxygen atoms in total. The summed E-state index contributed by atoms with van der Waals surface area (Å²) < 4.78 is 0. The Labute approximate surface area is 154 Å². The number of amides is 1. The van der Waals surface area contributed by atoms with Crippen molar-refractivity contribution < 1.29 is 14.7 Å². The summed E-state index contributed by atoms with van der Waals surface area (Å²) >= 11 is 0. The molecule has 0 aliphatic rings. The maximum Gasteiger partial charge on any atom is 0.337 e. The third-order valence-corrected chi connectivity index (χ3v) is 4.22. The minimum Gasteiger partial charge on any atom is -0.478 e. The average Bonchev–Trinajstić information content (AvgIpc) is 2.62. The molecular weight excluding hydrogens is 328 g/mol. The first-order chi connectivity index (χ1) is 12.5. The lowest BCUT2D eigenvalue weighted by atomic mass is 10.1. The second-order valence-electron chi connectivity index (χ2n) is 6.39. The summed E-state index contributed by atoms with van der Waals surface area (Å²) in [7, 11) is 0. The van der Waals surface area contributed by atoms with E-state index in [0.29, 0.717) is 5.56 Å². The van der Waals surface area contributed by atoms with E-state index < -0.39 is 5.97 Å². The Hall–Kier alpha value is -2.82. The van der Waals surface area contributed by atoms with Crippen LogP contribution >= 0.6 is 0 Å². The van der Waals surface area contributed by atoms with Crippen LogP contribution in [0.25, 0.3) is 0 Å². The molecule has 0 fully saturated rings. The number of carboxylic acids is 1. The highest BCUT2D eigenvalue weighted by atomic mass is 16.4. The molecule has 0 saturated heterocycles. The fourth-order valence-corrected chi connectivity index (χ4v) is 2.81. The van der Waals surface area contributed by atoms with E-state index in [4.69, 9.17) is 0 Å². The average molecular weight is 354 g/mol. The van der Waals surface area contributed by atoms with Gasteiger partial charge in [-0.15, -0.1) is 0 Å². The summed E-state index contributed by atoms with van der Waals surface area (Å²) in [4.78, 5) is 24.0. The lowest BCUT2D eigenvalue weighted by molar-refractivity contribution is 0.0698. The van der Waals surface area contributed by atoms with Gasteiger partial charge in [0.15, 0.2) is 0 Å². The molecule has 0 aromatic heterocycles. The van der Waals surface area contributed by atoms with Crippen molar-refractivity contribution in [1.29, 1.82) is 0 Å². The maximum absolute atomic E-state index is 12.7. The molecule has 0 saturated carbocycles. The number of hydrogen-bond acceptors (Lipinski definition) is 3. The van der Waals surface area contributed by atoms with Crippen LogP contribution in [-0.2, 0) is 0 Å². The van der Waals surface area contributed by atoms with Crippen molar-refractivity contribution in [3.8, 4) is 0 Å². The Morgan fingerprint density at radius 2 is 1.58 bits per heavy atom. The second-order valence-corrected chi connectivity index (χ2v) is 6.39. The molecule has 1 amide bonds. The molecule has 0 radical (unpaired) electrons. The van der Waals surface area contributed by atoms with Crippen molar-refractivity contribution in [3.63, 3.8) is 0 Å². The Kier molecular flexibility index (Phi) is 7.21. The molecule has 0 spiro atoms. The highest BCUT2D eigenvalue weighted by Crippen LogP contribution is 2.21. The molecule has 138 valence electrons. The third kappa shape index (κ3) is 5.34. The van der Waals surface area contributed by atoms with E-state index in [9.17, 15) is 14.7 Å². The lowest BCUT2D eigenvalue weighted by Crippen LogP contribution is -2.20. The predicted octanol–water partition coefficient (Wildman–Crippen LogP) is 5.02. The summed E-state index contributed by atoms with van der Waals surface area (Å²) in [5.74, 6) is -1.40. The van der Waals surface area contributed by atoms with Crippen LogP contribution < -0.4 is 10.6 Å². The van der Waals surface area contributed by atoms with E-state index in [-0.39, 0.29) is 23.2 Å². The van der Waals surface area contributed by atoms with Gasteiger partial charge >= 0.3 is 5.97 Å². The van der Waals surface area contributed by atoms with Crippen molar-refractivity contribution in [2.75, 3.05) is 10.6 Å². The molecule has 0 bridgehead atoms. The van der Waals surface area contributed by atoms with Crippen LogP contribution in [0.2, 0.25) is 0 Å². The molecule has 2 rings (SSSR count). The molecule has 0 aliphatic carbocycles. The van der Waals surface area contributed by atoms with Gasteiger partial charge in [0.25, 0.3) is 5.91 Å². The van der Waals surface area contributed by atoms with Crippen LogP contribution in [0.3, 0.4) is 0 Å². The number of benzene rings is 2. The van der Waals surface area contributed by atoms with Crippen molar-refractivity contribution in [1.82, 2.24) is 0 Å². The molecule has 1 atom stereocenters. The molecule has 2 aromatic rings. The van der Waals surface area contributed by atoms with E-state index in [2.05, 4.69) is 24.5 Å². The number of para-hydroxylation sites is 2. The lowest BCUT2D eigenvalue weighted by Gasteiger charge is -2.18. The van der Waals surface area contributed by atoms with Gasteiger partial charge in [0.05, 0.1) is 16.8 Å². The van der Waals surface area contributed by atoms with E-state index in [1.807, 2.05) is 12.1 Å². The third-order valence-electron chi connectivity index (χ3n) is 4.22. The van der Waals surface area contributed by atoms with Crippen molar-refractivity contribution in [2.24, 2.45) is 0 Å². The molecule has 3 N–H and O–H groups in total. The fraction of sp³-hybridized carbons (Fsp3) is 0.333. The maximum atomic E-state index is 12.7. The highest BCUT2D eigenvalue weighted by Gasteiger charge is 2.16. The molecule has 0 aliphatic heterocycles. The SMILES string of the molecule is CCCCCC(C)Nc1ccccc1C(=O)Nc1ccccc1C(=O)O. The number of hydrogen-bond donors (Lipinski definition) is 3. The number of unbranched alkanes of at least 4 members (excludes halogenated alkanes) is 2. The zero-order chi connectivity index (χ0) is 18.9. The van der Waals surface area contributed by atoms with Gasteiger partial charge in [-0.05, 0) is 37.6 Å². The van der Waals surface area contributed by atoms with Gasteiger partial charge < -0.3 is 15.7 Å². The highest BCUT2D eigenvalue weighted by molar-refractivity contribution is 6.10. The van der Waals surface area contributed by atoms with Gasteiger partial charge in [0.2, 0.25) is 0 Å². The van der Waals surface area contributed by atoms with Gasteiger partial charge in [-0.3, -0.25) is 4.79 Å². The number of anilines is 2. The first-order valence-corrected chi connectivity index (χ1v) is 9.02. The zero-order valence-corrected chi connectivity index (χ0v) is 15.3. The fourth-order valence-electron chi connectivity index (χ4n) is 2.81. The minimum absolute atomic E-state index is 0.0687. The quantitative estimate of drug-likeness (QED) is 0.553. The van der Waals surface area contributed by atoms with Gasteiger partial charge in [0, 0.05) is 11.7 Å². The molecular formula is C21H26N2O3. The number of carboxylic acid groups (broad SMARTS) is 1. The topological polar surface area (TPSA) is 78.4 Å². The van der Waals surface area contributed by atoms with Crippen molar-refractivity contribution >= 4 is 23.3 Å². The first-order valence-electron chi connectivity index (χ1n) is 9.02. The Bertz CT molecular complexity index is 758. The van der Waals surface area contributed by atoms with Crippen LogP contribution in [0.4, 0.5) is 11.4 Å². The van der Waals surface area contributed by atoms with E-state index >= 15 is 0 Å². The van der Waals surface area contributed by atoms with Gasteiger partial charge in [0.1, 0.15) is 0 Å². The number of aromatic carboxylic acids is 1. The van der Waals surface area contributed by atoms with E-state index in [0.717, 1.165) is 18.5 Å². The van der Waals surface area contributed by atoms with Gasteiger partial charge in [-0.2, -0.15) is 0 Å². The number of carbonyl (C=O) groups excluding carboxylic acids is 1. The standard InChI is InChI=1S/C21H26N2O3/c1-3-4-5-10-15(2)22-18-13-8-6-11-16(18)20(24)23-19-14-9-7-12-17(19)21(25)26/h6-9,11-15,22H,3-5,10H2,1-2H3,(H,23,24)(H,25,26). The van der Waals surface area contributed by atoms with Gasteiger partial charge in [-0.1, -0.05) is 50.5 Å². The monoisotopic (exact) mass is 354 g/mol. The molecule has 0 heterocycles. The predicted molar refractivity (Wildman–Crippen MR) is 105 cm³/mol. The Balaban J connectivity index is 2.14. The van der Waals surface area contributed by atoms with Crippen molar-refractivity contribution in [2.45, 2.75) is 45.6 Å². The summed E-state index contributed by atoms with van der Waals surface area (Å²) in [6.45, 7) is 4.27. The van der Waals surface area contributed by atoms with Crippen LogP contribution in [0.1, 0.15) is 60.2 Å². The number of carbonyl (C=O) groups is 2. The first kappa shape index (κ1) is 19.5. The van der Waals surface area contributed by atoms with Crippen LogP contribution in [0.5, 0.6) is 0 Å². The Morgan fingerprint density at radius 1 is 0.962 bits per heavy atom. The number of nitrogens with one attached hydrogen (secondary N) is 2. The normalized spacial score (nSPS) is 11.6. The van der Waals surface area contributed by atoms with Crippen LogP contribution in [-0.4, -0.2) is 23.0 Å². The summed E-state index contributed by atoms with van der Waals surface area (Å²) in [5, 5.41) is 15.4. The summed E-state index contributed by atoms with van der Waals surface area (Å²) in [5.41, 5.74) is 1.60. The van der Waals surface area contributed by atoms with Crippen molar-refractivity contribution in [3.05, 3.63) is 59.7 Å². The van der Waals surface area contributed by atoms with Gasteiger partial charge in [-0.25, -0.2) is 4.79 Å². The molecule has 26 heavy (non-hydrogen) atoms. The zero-order valence-electron chi connectivity index (χ0n) is 15.3. The van der Waals surface area contributed by atoms with E-state index in [1.165, 1.54) is 18.9 Å². The summed E-state index contributed by atoms with van der Waals surface area (Å²) in [6, 6.07) is 13.9. The molecule has 5 heteroatoms. The summed E-state index contributed by atoms with van der Waals surface area (Å²) in [6.07, 6.45) is 4.55. The molecule has 1 unspecified atom stereocenters. The molecule has 2 aromatic carbocycles. The number of rotatable bonds is 9. The van der Waals surface area contributed by atoms with Crippen LogP contribution in [0, 0.1) is 0 Å².